The fourth-order valence-corrected chi connectivity index (χ4v) is 4.89. The Balaban J connectivity index is 1.38. The highest BCUT2D eigenvalue weighted by atomic mass is 19.4. The van der Waals surface area contributed by atoms with Crippen molar-refractivity contribution in [3.63, 3.8) is 0 Å². The van der Waals surface area contributed by atoms with Gasteiger partial charge in [-0.05, 0) is 68.9 Å². The highest BCUT2D eigenvalue weighted by Crippen LogP contribution is 2.30. The van der Waals surface area contributed by atoms with E-state index in [0.717, 1.165) is 51.9 Å². The summed E-state index contributed by atoms with van der Waals surface area (Å²) in [6.45, 7) is 4.84. The van der Waals surface area contributed by atoms with Gasteiger partial charge in [-0.1, -0.05) is 36.4 Å². The summed E-state index contributed by atoms with van der Waals surface area (Å²) in [5.41, 5.74) is 1.77. The number of alkyl halides is 3. The van der Waals surface area contributed by atoms with Crippen molar-refractivity contribution in [2.75, 3.05) is 37.6 Å². The summed E-state index contributed by atoms with van der Waals surface area (Å²) >= 11 is 0. The van der Waals surface area contributed by atoms with E-state index in [0.29, 0.717) is 24.7 Å². The van der Waals surface area contributed by atoms with Crippen molar-refractivity contribution in [3.8, 4) is 5.75 Å². The Labute approximate surface area is 198 Å². The van der Waals surface area contributed by atoms with Crippen molar-refractivity contribution in [1.29, 1.82) is 0 Å². The average Bonchev–Trinajstić information content (AvgIpc) is 3.35. The average molecular weight is 476 g/mol. The van der Waals surface area contributed by atoms with Gasteiger partial charge in [-0.15, -0.1) is 13.2 Å². The molecule has 0 aliphatic carbocycles. The fourth-order valence-electron chi connectivity index (χ4n) is 4.89. The topological polar surface area (TPSA) is 44.8 Å². The number of likely N-dealkylation sites (tertiary alicyclic amines) is 1. The van der Waals surface area contributed by atoms with Gasteiger partial charge in [0.2, 0.25) is 5.91 Å². The molecule has 2 aromatic rings. The smallest absolute Gasteiger partial charge is 0.406 e. The molecule has 34 heavy (non-hydrogen) atoms. The van der Waals surface area contributed by atoms with Gasteiger partial charge in [0.05, 0.1) is 5.92 Å². The first-order chi connectivity index (χ1) is 16.4. The van der Waals surface area contributed by atoms with Crippen molar-refractivity contribution in [2.24, 2.45) is 11.8 Å². The molecule has 0 radical (unpaired) electrons. The van der Waals surface area contributed by atoms with Crippen LogP contribution in [0.1, 0.15) is 31.2 Å². The number of nitrogens with one attached hydrogen (secondary N) is 1. The first kappa shape index (κ1) is 24.5. The predicted octanol–water partition coefficient (Wildman–Crippen LogP) is 4.83. The zero-order valence-corrected chi connectivity index (χ0v) is 19.3. The Morgan fingerprint density at radius 3 is 2.50 bits per heavy atom. The molecule has 0 aromatic heterocycles. The molecule has 1 atom stereocenters. The molecular weight excluding hydrogens is 443 g/mol. The van der Waals surface area contributed by atoms with Crippen LogP contribution in [0.2, 0.25) is 0 Å². The van der Waals surface area contributed by atoms with Crippen LogP contribution in [0.25, 0.3) is 0 Å². The number of hydrogen-bond donors (Lipinski definition) is 1. The summed E-state index contributed by atoms with van der Waals surface area (Å²) in [4.78, 5) is 17.4. The summed E-state index contributed by atoms with van der Waals surface area (Å²) in [5.74, 6) is -0.00390. The number of nitrogens with zero attached hydrogens (tertiary/aromatic N) is 2. The Bertz CT molecular complexity index is 924. The van der Waals surface area contributed by atoms with Crippen molar-refractivity contribution in [1.82, 2.24) is 10.2 Å². The van der Waals surface area contributed by atoms with Crippen LogP contribution in [0.3, 0.4) is 0 Å². The zero-order valence-electron chi connectivity index (χ0n) is 19.3. The predicted molar refractivity (Wildman–Crippen MR) is 126 cm³/mol. The summed E-state index contributed by atoms with van der Waals surface area (Å²) in [6.07, 6.45) is -1.09. The summed E-state index contributed by atoms with van der Waals surface area (Å²) < 4.78 is 42.3. The molecular formula is C26H32F3N3O2. The van der Waals surface area contributed by atoms with Crippen molar-refractivity contribution in [2.45, 2.75) is 38.6 Å². The molecule has 0 bridgehead atoms. The van der Waals surface area contributed by atoms with E-state index in [-0.39, 0.29) is 17.6 Å². The molecule has 2 aliphatic rings. The first-order valence-corrected chi connectivity index (χ1v) is 12.0. The van der Waals surface area contributed by atoms with E-state index in [9.17, 15) is 18.0 Å². The minimum Gasteiger partial charge on any atom is -0.406 e. The molecule has 5 nitrogen and oxygen atoms in total. The van der Waals surface area contributed by atoms with Crippen LogP contribution in [0.15, 0.2) is 54.6 Å². The number of rotatable bonds is 8. The minimum absolute atomic E-state index is 0.0318. The number of amides is 1. The Morgan fingerprint density at radius 2 is 1.82 bits per heavy atom. The maximum atomic E-state index is 13.3. The van der Waals surface area contributed by atoms with Crippen molar-refractivity contribution < 1.29 is 22.7 Å². The molecule has 1 N–H and O–H groups in total. The number of ether oxygens (including phenoxy) is 1. The first-order valence-electron chi connectivity index (χ1n) is 12.0. The normalized spacial score (nSPS) is 19.8. The van der Waals surface area contributed by atoms with E-state index >= 15 is 0 Å². The highest BCUT2D eigenvalue weighted by molar-refractivity contribution is 5.95. The lowest BCUT2D eigenvalue weighted by atomic mass is 9.92. The molecule has 0 spiro atoms. The van der Waals surface area contributed by atoms with Gasteiger partial charge in [0.25, 0.3) is 0 Å². The fraction of sp³-hybridized carbons (Fsp3) is 0.500. The van der Waals surface area contributed by atoms with Gasteiger partial charge in [-0.25, -0.2) is 0 Å². The molecule has 0 unspecified atom stereocenters. The standard InChI is InChI=1S/C26H32F3N3O2/c27-26(28,29)34-24-8-4-7-23(17-24)32(25(33)22-9-13-30-18-22)16-12-20-10-14-31(15-11-20)19-21-5-2-1-3-6-21/h1-8,17,20,22,30H,9-16,18-19H2/t22-/m1/s1. The Kier molecular flexibility index (Phi) is 8.11. The largest absolute Gasteiger partial charge is 0.573 e. The van der Waals surface area contributed by atoms with E-state index in [4.69, 9.17) is 0 Å². The molecule has 2 aromatic carbocycles. The maximum absolute atomic E-state index is 13.3. The second-order valence-corrected chi connectivity index (χ2v) is 9.22. The second-order valence-electron chi connectivity index (χ2n) is 9.22. The van der Waals surface area contributed by atoms with Gasteiger partial charge in [0.1, 0.15) is 5.75 Å². The van der Waals surface area contributed by atoms with Gasteiger partial charge in [0.15, 0.2) is 0 Å². The van der Waals surface area contributed by atoms with Crippen molar-refractivity contribution in [3.05, 3.63) is 60.2 Å². The molecule has 2 fully saturated rings. The Morgan fingerprint density at radius 1 is 1.06 bits per heavy atom. The number of hydrogen-bond acceptors (Lipinski definition) is 4. The van der Waals surface area contributed by atoms with E-state index in [2.05, 4.69) is 39.2 Å². The van der Waals surface area contributed by atoms with Crippen LogP contribution in [0.5, 0.6) is 5.75 Å². The lowest BCUT2D eigenvalue weighted by Gasteiger charge is -2.33. The van der Waals surface area contributed by atoms with Crippen LogP contribution in [0.4, 0.5) is 18.9 Å². The van der Waals surface area contributed by atoms with Crippen LogP contribution < -0.4 is 15.0 Å². The summed E-state index contributed by atoms with van der Waals surface area (Å²) in [6, 6.07) is 16.2. The molecule has 184 valence electrons. The van der Waals surface area contributed by atoms with Gasteiger partial charge in [-0.2, -0.15) is 0 Å². The maximum Gasteiger partial charge on any atom is 0.573 e. The molecule has 0 saturated carbocycles. The number of carbonyl (C=O) groups excluding carboxylic acids is 1. The van der Waals surface area contributed by atoms with Crippen LogP contribution >= 0.6 is 0 Å². The van der Waals surface area contributed by atoms with Gasteiger partial charge < -0.3 is 15.0 Å². The van der Waals surface area contributed by atoms with Crippen LogP contribution in [0, 0.1) is 11.8 Å². The third kappa shape index (κ3) is 6.96. The van der Waals surface area contributed by atoms with E-state index in [1.54, 1.807) is 11.0 Å². The lowest BCUT2D eigenvalue weighted by Crippen LogP contribution is -2.40. The minimum atomic E-state index is -4.77. The van der Waals surface area contributed by atoms with E-state index in [1.807, 2.05) is 6.07 Å². The molecule has 8 heteroatoms. The summed E-state index contributed by atoms with van der Waals surface area (Å²) in [7, 11) is 0. The molecule has 4 rings (SSSR count). The van der Waals surface area contributed by atoms with E-state index < -0.39 is 6.36 Å². The molecule has 2 saturated heterocycles. The molecule has 1 amide bonds. The third-order valence-corrected chi connectivity index (χ3v) is 6.76. The molecule has 2 heterocycles. The molecule has 2 aliphatic heterocycles. The van der Waals surface area contributed by atoms with Crippen LogP contribution in [-0.4, -0.2) is 49.9 Å². The second kappa shape index (κ2) is 11.2. The number of piperidine rings is 1. The van der Waals surface area contributed by atoms with Crippen molar-refractivity contribution >= 4 is 11.6 Å². The van der Waals surface area contributed by atoms with Gasteiger partial charge in [0, 0.05) is 31.4 Å². The number of benzene rings is 2. The number of anilines is 1. The summed E-state index contributed by atoms with van der Waals surface area (Å²) in [5, 5.41) is 3.21. The Hall–Kier alpha value is -2.58. The quantitative estimate of drug-likeness (QED) is 0.594. The third-order valence-electron chi connectivity index (χ3n) is 6.76. The van der Waals surface area contributed by atoms with Gasteiger partial charge >= 0.3 is 6.36 Å². The highest BCUT2D eigenvalue weighted by Gasteiger charge is 2.32. The number of halogens is 3. The van der Waals surface area contributed by atoms with E-state index in [1.165, 1.54) is 23.8 Å². The lowest BCUT2D eigenvalue weighted by molar-refractivity contribution is -0.274. The van der Waals surface area contributed by atoms with Gasteiger partial charge in [-0.3, -0.25) is 9.69 Å². The monoisotopic (exact) mass is 475 g/mol. The number of carbonyl (C=O) groups is 1. The SMILES string of the molecule is O=C([C@@H]1CCNC1)N(CCC1CCN(Cc2ccccc2)CC1)c1cccc(OC(F)(F)F)c1. The van der Waals surface area contributed by atoms with Crippen LogP contribution in [-0.2, 0) is 11.3 Å². The zero-order chi connectivity index (χ0) is 24.0.